The number of benzene rings is 1. The topological polar surface area (TPSA) is 72.2 Å². The van der Waals surface area contributed by atoms with Gasteiger partial charge in [0, 0.05) is 24.9 Å². The molecule has 0 radical (unpaired) electrons. The molecule has 0 aliphatic heterocycles. The Hall–Kier alpha value is -0.910. The fourth-order valence-electron chi connectivity index (χ4n) is 2.53. The highest BCUT2D eigenvalue weighted by Gasteiger charge is 2.18. The highest BCUT2D eigenvalue weighted by atomic mass is 32.2. The van der Waals surface area contributed by atoms with Crippen molar-refractivity contribution >= 4 is 9.84 Å². The van der Waals surface area contributed by atoms with Crippen molar-refractivity contribution in [3.8, 4) is 0 Å². The lowest BCUT2D eigenvalue weighted by Gasteiger charge is -2.27. The Bertz CT molecular complexity index is 511. The van der Waals surface area contributed by atoms with Crippen LogP contribution < -0.4 is 11.1 Å². The molecule has 0 amide bonds. The van der Waals surface area contributed by atoms with E-state index < -0.39 is 9.84 Å². The van der Waals surface area contributed by atoms with Crippen molar-refractivity contribution in [1.82, 2.24) is 5.32 Å². The summed E-state index contributed by atoms with van der Waals surface area (Å²) >= 11 is 0. The van der Waals surface area contributed by atoms with Crippen molar-refractivity contribution in [3.05, 3.63) is 29.8 Å². The van der Waals surface area contributed by atoms with E-state index >= 15 is 0 Å². The molecule has 3 N–H and O–H groups in total. The standard InChI is InChI=1S/C14H22N2O2S/c1-19(17,18)14-7-5-11(6-8-14)10-16-13-4-2-3-12(15)9-13/h5-8,12-13,16H,2-4,9-10,15H2,1H3. The third kappa shape index (κ3) is 4.30. The molecule has 0 spiro atoms. The summed E-state index contributed by atoms with van der Waals surface area (Å²) in [5, 5.41) is 3.50. The zero-order valence-corrected chi connectivity index (χ0v) is 12.1. The molecule has 2 unspecified atom stereocenters. The molecule has 0 saturated heterocycles. The molecule has 106 valence electrons. The lowest BCUT2D eigenvalue weighted by atomic mass is 9.91. The summed E-state index contributed by atoms with van der Waals surface area (Å²) in [4.78, 5) is 0.371. The second-order valence-electron chi connectivity index (χ2n) is 5.42. The third-order valence-corrected chi connectivity index (χ3v) is 4.79. The average Bonchev–Trinajstić information content (AvgIpc) is 2.36. The number of rotatable bonds is 4. The fraction of sp³-hybridized carbons (Fsp3) is 0.571. The zero-order valence-electron chi connectivity index (χ0n) is 11.3. The van der Waals surface area contributed by atoms with Gasteiger partial charge in [-0.1, -0.05) is 18.6 Å². The van der Waals surface area contributed by atoms with Crippen molar-refractivity contribution in [2.45, 2.75) is 49.2 Å². The maximum atomic E-state index is 11.4. The molecular formula is C14H22N2O2S. The first-order valence-corrected chi connectivity index (χ1v) is 8.62. The first kappa shape index (κ1) is 14.5. The van der Waals surface area contributed by atoms with Gasteiger partial charge in [0.1, 0.15) is 0 Å². The van der Waals surface area contributed by atoms with Gasteiger partial charge in [-0.15, -0.1) is 0 Å². The van der Waals surface area contributed by atoms with Crippen LogP contribution in [0.15, 0.2) is 29.2 Å². The number of hydrogen-bond acceptors (Lipinski definition) is 4. The summed E-state index contributed by atoms with van der Waals surface area (Å²) in [6, 6.07) is 7.87. The summed E-state index contributed by atoms with van der Waals surface area (Å²) in [7, 11) is -3.10. The normalized spacial score (nSPS) is 24.3. The van der Waals surface area contributed by atoms with Crippen LogP contribution in [0.3, 0.4) is 0 Å². The van der Waals surface area contributed by atoms with Crippen LogP contribution >= 0.6 is 0 Å². The molecule has 4 nitrogen and oxygen atoms in total. The molecule has 19 heavy (non-hydrogen) atoms. The van der Waals surface area contributed by atoms with Crippen molar-refractivity contribution < 1.29 is 8.42 Å². The van der Waals surface area contributed by atoms with Gasteiger partial charge in [-0.25, -0.2) is 8.42 Å². The lowest BCUT2D eigenvalue weighted by Crippen LogP contribution is -2.39. The van der Waals surface area contributed by atoms with Gasteiger partial charge in [-0.2, -0.15) is 0 Å². The zero-order chi connectivity index (χ0) is 13.9. The Morgan fingerprint density at radius 1 is 1.26 bits per heavy atom. The van der Waals surface area contributed by atoms with Crippen LogP contribution in [-0.4, -0.2) is 26.8 Å². The number of nitrogens with one attached hydrogen (secondary N) is 1. The van der Waals surface area contributed by atoms with E-state index in [1.807, 2.05) is 12.1 Å². The monoisotopic (exact) mass is 282 g/mol. The maximum Gasteiger partial charge on any atom is 0.175 e. The predicted octanol–water partition coefficient (Wildman–Crippen LogP) is 1.45. The number of sulfone groups is 1. The molecule has 5 heteroatoms. The molecular weight excluding hydrogens is 260 g/mol. The molecule has 0 heterocycles. The number of hydrogen-bond donors (Lipinski definition) is 2. The molecule has 1 aromatic carbocycles. The largest absolute Gasteiger partial charge is 0.328 e. The summed E-state index contributed by atoms with van der Waals surface area (Å²) in [6.45, 7) is 0.765. The van der Waals surface area contributed by atoms with E-state index in [1.54, 1.807) is 12.1 Å². The van der Waals surface area contributed by atoms with Gasteiger partial charge in [0.25, 0.3) is 0 Å². The molecule has 1 saturated carbocycles. The molecule has 0 aromatic heterocycles. The van der Waals surface area contributed by atoms with Crippen LogP contribution in [0.4, 0.5) is 0 Å². The minimum absolute atomic E-state index is 0.318. The quantitative estimate of drug-likeness (QED) is 0.877. The minimum Gasteiger partial charge on any atom is -0.328 e. The molecule has 1 fully saturated rings. The highest BCUT2D eigenvalue weighted by molar-refractivity contribution is 7.90. The fourth-order valence-corrected chi connectivity index (χ4v) is 3.16. The molecule has 1 aromatic rings. The second-order valence-corrected chi connectivity index (χ2v) is 7.44. The number of nitrogens with two attached hydrogens (primary N) is 1. The lowest BCUT2D eigenvalue weighted by molar-refractivity contribution is 0.338. The molecule has 1 aliphatic carbocycles. The summed E-state index contributed by atoms with van der Waals surface area (Å²) in [5.74, 6) is 0. The van der Waals surface area contributed by atoms with E-state index in [0.29, 0.717) is 17.0 Å². The van der Waals surface area contributed by atoms with E-state index in [9.17, 15) is 8.42 Å². The highest BCUT2D eigenvalue weighted by Crippen LogP contribution is 2.17. The van der Waals surface area contributed by atoms with E-state index in [4.69, 9.17) is 5.73 Å². The first-order chi connectivity index (χ1) is 8.95. The van der Waals surface area contributed by atoms with Gasteiger partial charge in [0.05, 0.1) is 4.90 Å². The maximum absolute atomic E-state index is 11.4. The van der Waals surface area contributed by atoms with Gasteiger partial charge in [-0.05, 0) is 37.0 Å². The van der Waals surface area contributed by atoms with Gasteiger partial charge in [0.15, 0.2) is 9.84 Å². The Morgan fingerprint density at radius 3 is 2.53 bits per heavy atom. The Kier molecular flexibility index (Phi) is 4.60. The van der Waals surface area contributed by atoms with Crippen molar-refractivity contribution in [3.63, 3.8) is 0 Å². The summed E-state index contributed by atoms with van der Waals surface area (Å²) in [5.41, 5.74) is 7.06. The molecule has 0 bridgehead atoms. The Labute approximate surface area is 115 Å². The Balaban J connectivity index is 1.89. The SMILES string of the molecule is CS(=O)(=O)c1ccc(CNC2CCCC(N)C2)cc1. The molecule has 2 atom stereocenters. The van der Waals surface area contributed by atoms with Crippen LogP contribution in [0, 0.1) is 0 Å². The van der Waals surface area contributed by atoms with Crippen LogP contribution in [0.25, 0.3) is 0 Å². The van der Waals surface area contributed by atoms with Crippen LogP contribution in [-0.2, 0) is 16.4 Å². The summed E-state index contributed by atoms with van der Waals surface area (Å²) < 4.78 is 22.7. The van der Waals surface area contributed by atoms with Crippen molar-refractivity contribution in [1.29, 1.82) is 0 Å². The van der Waals surface area contributed by atoms with Gasteiger partial charge in [-0.3, -0.25) is 0 Å². The van der Waals surface area contributed by atoms with E-state index in [-0.39, 0.29) is 0 Å². The molecule has 1 aliphatic rings. The third-order valence-electron chi connectivity index (χ3n) is 3.66. The van der Waals surface area contributed by atoms with Gasteiger partial charge >= 0.3 is 0 Å². The summed E-state index contributed by atoms with van der Waals surface area (Å²) in [6.07, 6.45) is 5.74. The Morgan fingerprint density at radius 2 is 1.95 bits per heavy atom. The predicted molar refractivity (Wildman–Crippen MR) is 76.6 cm³/mol. The van der Waals surface area contributed by atoms with E-state index in [1.165, 1.54) is 19.1 Å². The van der Waals surface area contributed by atoms with Gasteiger partial charge < -0.3 is 11.1 Å². The van der Waals surface area contributed by atoms with E-state index in [2.05, 4.69) is 5.32 Å². The smallest absolute Gasteiger partial charge is 0.175 e. The van der Waals surface area contributed by atoms with Crippen molar-refractivity contribution in [2.24, 2.45) is 5.73 Å². The van der Waals surface area contributed by atoms with Crippen LogP contribution in [0.2, 0.25) is 0 Å². The van der Waals surface area contributed by atoms with E-state index in [0.717, 1.165) is 24.9 Å². The van der Waals surface area contributed by atoms with Crippen molar-refractivity contribution in [2.75, 3.05) is 6.26 Å². The van der Waals surface area contributed by atoms with Crippen LogP contribution in [0.1, 0.15) is 31.2 Å². The molecule has 2 rings (SSSR count). The van der Waals surface area contributed by atoms with Crippen LogP contribution in [0.5, 0.6) is 0 Å². The van der Waals surface area contributed by atoms with Gasteiger partial charge in [0.2, 0.25) is 0 Å². The minimum atomic E-state index is -3.10. The average molecular weight is 282 g/mol. The second kappa shape index (κ2) is 6.03. The first-order valence-electron chi connectivity index (χ1n) is 6.73.